The Kier molecular flexibility index (Phi) is 5.19. The van der Waals surface area contributed by atoms with Gasteiger partial charge in [-0.25, -0.2) is 28.4 Å². The molecule has 166 valence electrons. The van der Waals surface area contributed by atoms with Gasteiger partial charge in [0, 0.05) is 30.7 Å². The van der Waals surface area contributed by atoms with Gasteiger partial charge < -0.3 is 4.57 Å². The van der Waals surface area contributed by atoms with Crippen LogP contribution in [0.2, 0.25) is 0 Å². The standard InChI is InChI=1S/C20H17F3N6O2S/c1-4-32(30,31)15-7-12(18-24-6-5-11(2)27-18)9-26-17(15)19-28-13-8-16(20(21,22)23)25-10-14(13)29(19)3/h5-10H,4H2,1-3H3. The van der Waals surface area contributed by atoms with Gasteiger partial charge in [-0.05, 0) is 25.1 Å². The second kappa shape index (κ2) is 7.62. The molecule has 0 amide bonds. The van der Waals surface area contributed by atoms with E-state index in [4.69, 9.17) is 0 Å². The number of rotatable bonds is 4. The van der Waals surface area contributed by atoms with E-state index in [0.29, 0.717) is 22.6 Å². The topological polar surface area (TPSA) is 104 Å². The van der Waals surface area contributed by atoms with Crippen LogP contribution < -0.4 is 0 Å². The highest BCUT2D eigenvalue weighted by Gasteiger charge is 2.33. The van der Waals surface area contributed by atoms with Crippen LogP contribution in [-0.2, 0) is 23.1 Å². The fourth-order valence-electron chi connectivity index (χ4n) is 3.17. The summed E-state index contributed by atoms with van der Waals surface area (Å²) in [5, 5.41) is 0. The number of hydrogen-bond acceptors (Lipinski definition) is 7. The summed E-state index contributed by atoms with van der Waals surface area (Å²) < 4.78 is 66.4. The van der Waals surface area contributed by atoms with Crippen LogP contribution in [0, 0.1) is 6.92 Å². The van der Waals surface area contributed by atoms with E-state index in [-0.39, 0.29) is 27.7 Å². The maximum absolute atomic E-state index is 13.0. The molecular formula is C20H17F3N6O2S. The summed E-state index contributed by atoms with van der Waals surface area (Å²) in [7, 11) is -2.21. The molecular weight excluding hydrogens is 445 g/mol. The normalized spacial score (nSPS) is 12.4. The first kappa shape index (κ1) is 21.8. The third-order valence-corrected chi connectivity index (χ3v) is 6.63. The molecule has 32 heavy (non-hydrogen) atoms. The number of halogens is 3. The molecule has 0 fully saturated rings. The maximum atomic E-state index is 13.0. The van der Waals surface area contributed by atoms with E-state index < -0.39 is 21.7 Å². The van der Waals surface area contributed by atoms with E-state index >= 15 is 0 Å². The minimum absolute atomic E-state index is 0.0236. The summed E-state index contributed by atoms with van der Waals surface area (Å²) in [5.41, 5.74) is 0.358. The van der Waals surface area contributed by atoms with Crippen molar-refractivity contribution < 1.29 is 21.6 Å². The number of nitrogens with zero attached hydrogens (tertiary/aromatic N) is 6. The molecule has 0 aromatic carbocycles. The summed E-state index contributed by atoms with van der Waals surface area (Å²) in [6, 6.07) is 3.94. The van der Waals surface area contributed by atoms with Gasteiger partial charge in [-0.3, -0.25) is 4.98 Å². The van der Waals surface area contributed by atoms with Crippen molar-refractivity contribution in [2.75, 3.05) is 5.75 Å². The van der Waals surface area contributed by atoms with Crippen LogP contribution in [-0.4, -0.2) is 43.7 Å². The lowest BCUT2D eigenvalue weighted by Crippen LogP contribution is -2.09. The van der Waals surface area contributed by atoms with E-state index in [1.807, 2.05) is 0 Å². The van der Waals surface area contributed by atoms with Gasteiger partial charge in [0.25, 0.3) is 0 Å². The Morgan fingerprint density at radius 3 is 2.47 bits per heavy atom. The number of aryl methyl sites for hydroxylation is 2. The van der Waals surface area contributed by atoms with Gasteiger partial charge in [0.2, 0.25) is 0 Å². The van der Waals surface area contributed by atoms with Crippen LogP contribution >= 0.6 is 0 Å². The second-order valence-corrected chi connectivity index (χ2v) is 9.29. The molecule has 0 aliphatic rings. The number of fused-ring (bicyclic) bond motifs is 1. The summed E-state index contributed by atoms with van der Waals surface area (Å²) >= 11 is 0. The molecule has 0 radical (unpaired) electrons. The Labute approximate surface area is 181 Å². The summed E-state index contributed by atoms with van der Waals surface area (Å²) in [5.74, 6) is 0.203. The van der Waals surface area contributed by atoms with Crippen LogP contribution in [0.1, 0.15) is 18.3 Å². The lowest BCUT2D eigenvalue weighted by molar-refractivity contribution is -0.141. The Hall–Kier alpha value is -3.41. The monoisotopic (exact) mass is 462 g/mol. The average Bonchev–Trinajstić information content (AvgIpc) is 3.08. The highest BCUT2D eigenvalue weighted by atomic mass is 32.2. The Balaban J connectivity index is 1.95. The molecule has 0 spiro atoms. The number of pyridine rings is 2. The SMILES string of the molecule is CCS(=O)(=O)c1cc(-c2nccc(C)n2)cnc1-c1nc2cc(C(F)(F)F)ncc2n1C. The van der Waals surface area contributed by atoms with Crippen molar-refractivity contribution in [3.63, 3.8) is 0 Å². The van der Waals surface area contributed by atoms with Crippen LogP contribution in [0.4, 0.5) is 13.2 Å². The largest absolute Gasteiger partial charge is 0.433 e. The quantitative estimate of drug-likeness (QED) is 0.456. The average molecular weight is 462 g/mol. The van der Waals surface area contributed by atoms with Gasteiger partial charge in [-0.2, -0.15) is 13.2 Å². The Morgan fingerprint density at radius 2 is 1.81 bits per heavy atom. The maximum Gasteiger partial charge on any atom is 0.433 e. The molecule has 0 aliphatic heterocycles. The Morgan fingerprint density at radius 1 is 1.06 bits per heavy atom. The first-order valence-corrected chi connectivity index (χ1v) is 11.1. The van der Waals surface area contributed by atoms with E-state index in [2.05, 4.69) is 24.9 Å². The van der Waals surface area contributed by atoms with Gasteiger partial charge in [0.05, 0.1) is 27.9 Å². The molecule has 4 aromatic rings. The van der Waals surface area contributed by atoms with E-state index in [1.54, 1.807) is 26.2 Å². The van der Waals surface area contributed by atoms with Crippen molar-refractivity contribution in [2.24, 2.45) is 7.05 Å². The van der Waals surface area contributed by atoms with E-state index in [9.17, 15) is 21.6 Å². The molecule has 12 heteroatoms. The number of hydrogen-bond donors (Lipinski definition) is 0. The smallest absolute Gasteiger partial charge is 0.324 e. The molecule has 0 saturated heterocycles. The number of aromatic nitrogens is 6. The van der Waals surface area contributed by atoms with Crippen molar-refractivity contribution in [1.29, 1.82) is 0 Å². The molecule has 0 aliphatic carbocycles. The minimum Gasteiger partial charge on any atom is -0.324 e. The van der Waals surface area contributed by atoms with Gasteiger partial charge in [0.15, 0.2) is 21.5 Å². The van der Waals surface area contributed by atoms with Gasteiger partial charge in [0.1, 0.15) is 11.4 Å². The zero-order valence-electron chi connectivity index (χ0n) is 17.2. The van der Waals surface area contributed by atoms with Crippen molar-refractivity contribution in [3.05, 3.63) is 48.2 Å². The fraction of sp³-hybridized carbons (Fsp3) is 0.250. The molecule has 8 nitrogen and oxygen atoms in total. The predicted octanol–water partition coefficient (Wildman–Crippen LogP) is 3.61. The molecule has 0 saturated carbocycles. The van der Waals surface area contributed by atoms with Crippen LogP contribution in [0.15, 0.2) is 41.7 Å². The van der Waals surface area contributed by atoms with Gasteiger partial charge in [-0.1, -0.05) is 6.92 Å². The molecule has 0 unspecified atom stereocenters. The third-order valence-electron chi connectivity index (χ3n) is 4.89. The number of sulfone groups is 1. The summed E-state index contributed by atoms with van der Waals surface area (Å²) in [4.78, 5) is 20.4. The molecule has 4 aromatic heterocycles. The fourth-order valence-corrected chi connectivity index (χ4v) is 4.23. The van der Waals surface area contributed by atoms with Crippen LogP contribution in [0.3, 0.4) is 0 Å². The highest BCUT2D eigenvalue weighted by Crippen LogP contribution is 2.33. The number of imidazole rings is 1. The second-order valence-electron chi connectivity index (χ2n) is 7.05. The molecule has 0 atom stereocenters. The summed E-state index contributed by atoms with van der Waals surface area (Å²) in [6.07, 6.45) is -0.609. The Bertz CT molecular complexity index is 1450. The molecule has 4 rings (SSSR count). The summed E-state index contributed by atoms with van der Waals surface area (Å²) in [6.45, 7) is 3.27. The molecule has 4 heterocycles. The third kappa shape index (κ3) is 3.81. The first-order chi connectivity index (χ1) is 15.0. The lowest BCUT2D eigenvalue weighted by Gasteiger charge is -2.11. The van der Waals surface area contributed by atoms with Gasteiger partial charge >= 0.3 is 6.18 Å². The van der Waals surface area contributed by atoms with Crippen molar-refractivity contribution >= 4 is 20.9 Å². The van der Waals surface area contributed by atoms with E-state index in [0.717, 1.165) is 12.3 Å². The number of alkyl halides is 3. The van der Waals surface area contributed by atoms with Gasteiger partial charge in [-0.15, -0.1) is 0 Å². The van der Waals surface area contributed by atoms with E-state index in [1.165, 1.54) is 23.8 Å². The zero-order chi connectivity index (χ0) is 23.3. The van der Waals surface area contributed by atoms with Crippen LogP contribution in [0.5, 0.6) is 0 Å². The molecule has 0 bridgehead atoms. The molecule has 0 N–H and O–H groups in total. The zero-order valence-corrected chi connectivity index (χ0v) is 18.0. The van der Waals surface area contributed by atoms with Crippen molar-refractivity contribution in [1.82, 2.24) is 29.5 Å². The highest BCUT2D eigenvalue weighted by molar-refractivity contribution is 7.91. The van der Waals surface area contributed by atoms with Crippen LogP contribution in [0.25, 0.3) is 33.9 Å². The van der Waals surface area contributed by atoms with Crippen molar-refractivity contribution in [3.8, 4) is 22.9 Å². The predicted molar refractivity (Wildman–Crippen MR) is 110 cm³/mol. The van der Waals surface area contributed by atoms with Crippen molar-refractivity contribution in [2.45, 2.75) is 24.9 Å². The first-order valence-electron chi connectivity index (χ1n) is 9.44. The minimum atomic E-state index is -4.63. The lowest BCUT2D eigenvalue weighted by atomic mass is 10.2.